The molecule has 50 valence electrons. The van der Waals surface area contributed by atoms with Crippen LogP contribution in [0.4, 0.5) is 0 Å². The quantitative estimate of drug-likeness (QED) is 0.551. The van der Waals surface area contributed by atoms with E-state index in [4.69, 9.17) is 5.41 Å². The summed E-state index contributed by atoms with van der Waals surface area (Å²) in [6, 6.07) is 0. The molecule has 2 nitrogen and oxygen atoms in total. The highest BCUT2D eigenvalue weighted by molar-refractivity contribution is 5.81. The standard InChI is InChI=1S/C7H12N2/c1-2-5-9-6-3-4-7(9)8/h2,8H,1,3-6H2. The lowest BCUT2D eigenvalue weighted by atomic mass is 10.4. The number of likely N-dealkylation sites (tertiary alicyclic amines) is 1. The van der Waals surface area contributed by atoms with E-state index in [1.807, 2.05) is 11.0 Å². The lowest BCUT2D eigenvalue weighted by Crippen LogP contribution is -2.23. The van der Waals surface area contributed by atoms with Crippen LogP contribution in [0.2, 0.25) is 0 Å². The lowest BCUT2D eigenvalue weighted by Gasteiger charge is -2.13. The minimum atomic E-state index is 0.773. The van der Waals surface area contributed by atoms with Crippen LogP contribution in [-0.4, -0.2) is 23.8 Å². The molecule has 0 saturated carbocycles. The van der Waals surface area contributed by atoms with Crippen LogP contribution in [-0.2, 0) is 0 Å². The van der Waals surface area contributed by atoms with Gasteiger partial charge in [0.2, 0.25) is 0 Å². The Balaban J connectivity index is 2.39. The summed E-state index contributed by atoms with van der Waals surface area (Å²) < 4.78 is 0. The van der Waals surface area contributed by atoms with Crippen LogP contribution in [0.5, 0.6) is 0 Å². The van der Waals surface area contributed by atoms with Gasteiger partial charge in [-0.05, 0) is 6.42 Å². The Morgan fingerprint density at radius 3 is 3.00 bits per heavy atom. The molecule has 0 aromatic rings. The number of hydrogen-bond acceptors (Lipinski definition) is 1. The van der Waals surface area contributed by atoms with Crippen molar-refractivity contribution in [3.8, 4) is 0 Å². The molecule has 0 aromatic carbocycles. The molecular weight excluding hydrogens is 112 g/mol. The highest BCUT2D eigenvalue weighted by Crippen LogP contribution is 2.08. The van der Waals surface area contributed by atoms with Gasteiger partial charge in [0.05, 0.1) is 5.84 Å². The fourth-order valence-corrected chi connectivity index (χ4v) is 1.09. The second-order valence-electron chi connectivity index (χ2n) is 2.28. The smallest absolute Gasteiger partial charge is 0.0961 e. The van der Waals surface area contributed by atoms with Crippen molar-refractivity contribution >= 4 is 5.84 Å². The normalized spacial score (nSPS) is 18.7. The Labute approximate surface area is 55.7 Å². The molecule has 0 aromatic heterocycles. The van der Waals surface area contributed by atoms with Crippen molar-refractivity contribution in [2.24, 2.45) is 0 Å². The molecule has 0 bridgehead atoms. The number of rotatable bonds is 2. The third-order valence-electron chi connectivity index (χ3n) is 1.57. The first kappa shape index (κ1) is 6.33. The zero-order valence-corrected chi connectivity index (χ0v) is 5.56. The van der Waals surface area contributed by atoms with Gasteiger partial charge in [0.15, 0.2) is 0 Å². The molecule has 1 rings (SSSR count). The number of nitrogens with one attached hydrogen (secondary N) is 1. The highest BCUT2D eigenvalue weighted by atomic mass is 15.2. The summed E-state index contributed by atoms with van der Waals surface area (Å²) in [5.41, 5.74) is 0. The van der Waals surface area contributed by atoms with Crippen molar-refractivity contribution in [2.75, 3.05) is 13.1 Å². The van der Waals surface area contributed by atoms with Crippen molar-refractivity contribution < 1.29 is 0 Å². The second-order valence-corrected chi connectivity index (χ2v) is 2.28. The zero-order chi connectivity index (χ0) is 6.69. The Hall–Kier alpha value is -0.790. The number of hydrogen-bond donors (Lipinski definition) is 1. The highest BCUT2D eigenvalue weighted by Gasteiger charge is 2.13. The molecule has 1 N–H and O–H groups in total. The van der Waals surface area contributed by atoms with Crippen molar-refractivity contribution in [1.29, 1.82) is 5.41 Å². The van der Waals surface area contributed by atoms with Gasteiger partial charge in [-0.15, -0.1) is 6.58 Å². The molecular formula is C7H12N2. The van der Waals surface area contributed by atoms with Gasteiger partial charge in [-0.3, -0.25) is 5.41 Å². The lowest BCUT2D eigenvalue weighted by molar-refractivity contribution is 0.500. The predicted molar refractivity (Wildman–Crippen MR) is 38.7 cm³/mol. The maximum Gasteiger partial charge on any atom is 0.0961 e. The molecule has 0 unspecified atom stereocenters. The van der Waals surface area contributed by atoms with Gasteiger partial charge in [0.25, 0.3) is 0 Å². The molecule has 1 aliphatic heterocycles. The maximum absolute atomic E-state index is 7.39. The fourth-order valence-electron chi connectivity index (χ4n) is 1.09. The minimum Gasteiger partial charge on any atom is -0.357 e. The van der Waals surface area contributed by atoms with Gasteiger partial charge < -0.3 is 4.90 Å². The largest absolute Gasteiger partial charge is 0.357 e. The van der Waals surface area contributed by atoms with E-state index in [1.54, 1.807) is 0 Å². The van der Waals surface area contributed by atoms with Crippen LogP contribution in [0.3, 0.4) is 0 Å². The molecule has 0 aliphatic carbocycles. The number of amidine groups is 1. The van der Waals surface area contributed by atoms with Crippen LogP contribution in [0.25, 0.3) is 0 Å². The van der Waals surface area contributed by atoms with E-state index in [-0.39, 0.29) is 0 Å². The molecule has 0 radical (unpaired) electrons. The van der Waals surface area contributed by atoms with E-state index >= 15 is 0 Å². The maximum atomic E-state index is 7.39. The van der Waals surface area contributed by atoms with E-state index in [0.29, 0.717) is 0 Å². The molecule has 2 heteroatoms. The molecule has 1 aliphatic rings. The summed E-state index contributed by atoms with van der Waals surface area (Å²) in [6.07, 6.45) is 3.94. The van der Waals surface area contributed by atoms with Gasteiger partial charge in [-0.2, -0.15) is 0 Å². The van der Waals surface area contributed by atoms with Gasteiger partial charge in [0.1, 0.15) is 0 Å². The van der Waals surface area contributed by atoms with E-state index < -0.39 is 0 Å². The first-order valence-corrected chi connectivity index (χ1v) is 3.28. The van der Waals surface area contributed by atoms with E-state index in [1.165, 1.54) is 0 Å². The molecule has 1 heterocycles. The summed E-state index contributed by atoms with van der Waals surface area (Å²) in [6.45, 7) is 5.51. The monoisotopic (exact) mass is 124 g/mol. The van der Waals surface area contributed by atoms with Crippen LogP contribution < -0.4 is 0 Å². The van der Waals surface area contributed by atoms with E-state index in [2.05, 4.69) is 6.58 Å². The summed E-state index contributed by atoms with van der Waals surface area (Å²) >= 11 is 0. The third kappa shape index (κ3) is 1.31. The van der Waals surface area contributed by atoms with Crippen LogP contribution >= 0.6 is 0 Å². The van der Waals surface area contributed by atoms with E-state index in [0.717, 1.165) is 31.8 Å². The van der Waals surface area contributed by atoms with Gasteiger partial charge in [-0.25, -0.2) is 0 Å². The van der Waals surface area contributed by atoms with Gasteiger partial charge >= 0.3 is 0 Å². The van der Waals surface area contributed by atoms with E-state index in [9.17, 15) is 0 Å². The molecule has 0 spiro atoms. The Morgan fingerprint density at radius 1 is 1.78 bits per heavy atom. The van der Waals surface area contributed by atoms with Crippen LogP contribution in [0, 0.1) is 5.41 Å². The van der Waals surface area contributed by atoms with Crippen molar-refractivity contribution in [3.63, 3.8) is 0 Å². The first-order valence-electron chi connectivity index (χ1n) is 3.28. The molecule has 0 amide bonds. The third-order valence-corrected chi connectivity index (χ3v) is 1.57. The molecule has 9 heavy (non-hydrogen) atoms. The van der Waals surface area contributed by atoms with Crippen molar-refractivity contribution in [2.45, 2.75) is 12.8 Å². The summed E-state index contributed by atoms with van der Waals surface area (Å²) in [7, 11) is 0. The first-order chi connectivity index (χ1) is 4.34. The number of nitrogens with zero attached hydrogens (tertiary/aromatic N) is 1. The Morgan fingerprint density at radius 2 is 2.56 bits per heavy atom. The van der Waals surface area contributed by atoms with Crippen LogP contribution in [0.1, 0.15) is 12.8 Å². The molecule has 1 fully saturated rings. The van der Waals surface area contributed by atoms with Gasteiger partial charge in [0, 0.05) is 19.5 Å². The van der Waals surface area contributed by atoms with Crippen molar-refractivity contribution in [3.05, 3.63) is 12.7 Å². The SMILES string of the molecule is C=CCN1CCCC1=N. The molecule has 1 saturated heterocycles. The Kier molecular flexibility index (Phi) is 1.88. The van der Waals surface area contributed by atoms with Crippen molar-refractivity contribution in [1.82, 2.24) is 4.90 Å². The predicted octanol–water partition coefficient (Wildman–Crippen LogP) is 1.25. The van der Waals surface area contributed by atoms with Gasteiger partial charge in [-0.1, -0.05) is 6.08 Å². The average Bonchev–Trinajstić information content (AvgIpc) is 2.18. The van der Waals surface area contributed by atoms with Crippen LogP contribution in [0.15, 0.2) is 12.7 Å². The second kappa shape index (κ2) is 2.67. The molecule has 0 atom stereocenters. The summed E-state index contributed by atoms with van der Waals surface area (Å²) in [5, 5.41) is 7.39. The fraction of sp³-hybridized carbons (Fsp3) is 0.571. The minimum absolute atomic E-state index is 0.773. The zero-order valence-electron chi connectivity index (χ0n) is 5.56. The topological polar surface area (TPSA) is 27.1 Å². The summed E-state index contributed by atoms with van der Waals surface area (Å²) in [4.78, 5) is 2.05. The summed E-state index contributed by atoms with van der Waals surface area (Å²) in [5.74, 6) is 0.773. The Bertz CT molecular complexity index is 129. The average molecular weight is 124 g/mol.